The zero-order valence-electron chi connectivity index (χ0n) is 11.5. The van der Waals surface area contributed by atoms with Crippen molar-refractivity contribution in [3.63, 3.8) is 0 Å². The van der Waals surface area contributed by atoms with Gasteiger partial charge in [0, 0.05) is 25.7 Å². The lowest BCUT2D eigenvalue weighted by molar-refractivity contribution is 0.255. The molecule has 0 aliphatic carbocycles. The molecular formula is C14H21N3O2S. The predicted molar refractivity (Wildman–Crippen MR) is 79.9 cm³/mol. The van der Waals surface area contributed by atoms with Gasteiger partial charge in [0.05, 0.1) is 5.69 Å². The summed E-state index contributed by atoms with van der Waals surface area (Å²) in [7, 11) is -3.39. The molecular weight excluding hydrogens is 274 g/mol. The van der Waals surface area contributed by atoms with E-state index >= 15 is 0 Å². The van der Waals surface area contributed by atoms with Gasteiger partial charge >= 0.3 is 10.2 Å². The summed E-state index contributed by atoms with van der Waals surface area (Å²) in [5.41, 5.74) is 0.765. The molecule has 1 unspecified atom stereocenters. The van der Waals surface area contributed by atoms with Crippen LogP contribution in [0, 0.1) is 0 Å². The van der Waals surface area contributed by atoms with Gasteiger partial charge in [0.25, 0.3) is 0 Å². The summed E-state index contributed by atoms with van der Waals surface area (Å²) in [6.07, 6.45) is 2.88. The van der Waals surface area contributed by atoms with Crippen molar-refractivity contribution in [2.45, 2.75) is 25.3 Å². The maximum Gasteiger partial charge on any atom is 0.304 e. The highest BCUT2D eigenvalue weighted by Gasteiger charge is 2.38. The molecule has 2 fully saturated rings. The molecule has 0 spiro atoms. The quantitative estimate of drug-likeness (QED) is 0.892. The Labute approximate surface area is 120 Å². The van der Waals surface area contributed by atoms with Crippen molar-refractivity contribution in [1.29, 1.82) is 0 Å². The van der Waals surface area contributed by atoms with Gasteiger partial charge in [-0.1, -0.05) is 18.2 Å². The molecule has 0 saturated carbocycles. The monoisotopic (exact) mass is 295 g/mol. The number of nitrogens with zero attached hydrogens (tertiary/aromatic N) is 2. The number of benzene rings is 1. The highest BCUT2D eigenvalue weighted by atomic mass is 32.2. The predicted octanol–water partition coefficient (Wildman–Crippen LogP) is 1.20. The van der Waals surface area contributed by atoms with Crippen LogP contribution < -0.4 is 9.62 Å². The lowest BCUT2D eigenvalue weighted by Gasteiger charge is -2.41. The van der Waals surface area contributed by atoms with Crippen molar-refractivity contribution < 1.29 is 8.42 Å². The van der Waals surface area contributed by atoms with Crippen molar-refractivity contribution in [2.24, 2.45) is 0 Å². The number of para-hydroxylation sites is 1. The molecule has 1 aromatic rings. The Morgan fingerprint density at radius 1 is 1.10 bits per heavy atom. The van der Waals surface area contributed by atoms with Gasteiger partial charge in [0.1, 0.15) is 0 Å². The number of anilines is 1. The molecule has 110 valence electrons. The van der Waals surface area contributed by atoms with Gasteiger partial charge < -0.3 is 5.32 Å². The second-order valence-corrected chi connectivity index (χ2v) is 7.19. The topological polar surface area (TPSA) is 52.7 Å². The van der Waals surface area contributed by atoms with Gasteiger partial charge in [-0.05, 0) is 37.9 Å². The highest BCUT2D eigenvalue weighted by Crippen LogP contribution is 2.27. The maximum atomic E-state index is 12.8. The van der Waals surface area contributed by atoms with E-state index < -0.39 is 10.2 Å². The van der Waals surface area contributed by atoms with Crippen molar-refractivity contribution in [2.75, 3.05) is 30.5 Å². The zero-order valence-corrected chi connectivity index (χ0v) is 12.3. The maximum absolute atomic E-state index is 12.8. The second kappa shape index (κ2) is 5.71. The highest BCUT2D eigenvalue weighted by molar-refractivity contribution is 7.90. The molecule has 0 bridgehead atoms. The third kappa shape index (κ3) is 2.55. The lowest BCUT2D eigenvalue weighted by Crippen LogP contribution is -2.57. The molecule has 2 aliphatic rings. The first kappa shape index (κ1) is 13.9. The van der Waals surface area contributed by atoms with E-state index in [9.17, 15) is 8.42 Å². The lowest BCUT2D eigenvalue weighted by atomic mass is 10.1. The summed E-state index contributed by atoms with van der Waals surface area (Å²) >= 11 is 0. The number of hydrogen-bond acceptors (Lipinski definition) is 3. The van der Waals surface area contributed by atoms with E-state index in [1.54, 1.807) is 8.61 Å². The summed E-state index contributed by atoms with van der Waals surface area (Å²) in [4.78, 5) is 0. The molecule has 6 heteroatoms. The summed E-state index contributed by atoms with van der Waals surface area (Å²) in [6, 6.07) is 9.49. The Balaban J connectivity index is 1.87. The van der Waals surface area contributed by atoms with Crippen LogP contribution in [0.25, 0.3) is 0 Å². The van der Waals surface area contributed by atoms with Crippen LogP contribution in [0.3, 0.4) is 0 Å². The average Bonchev–Trinajstić information content (AvgIpc) is 2.48. The van der Waals surface area contributed by atoms with Crippen molar-refractivity contribution in [1.82, 2.24) is 9.62 Å². The second-order valence-electron chi connectivity index (χ2n) is 5.38. The zero-order chi connectivity index (χ0) is 14.0. The van der Waals surface area contributed by atoms with E-state index in [2.05, 4.69) is 5.32 Å². The molecule has 0 amide bonds. The normalized spacial score (nSPS) is 27.4. The summed E-state index contributed by atoms with van der Waals surface area (Å²) in [6.45, 7) is 2.97. The van der Waals surface area contributed by atoms with Crippen LogP contribution in [-0.4, -0.2) is 44.9 Å². The van der Waals surface area contributed by atoms with Crippen LogP contribution in [0.1, 0.15) is 19.3 Å². The molecule has 0 radical (unpaired) electrons. The minimum atomic E-state index is -3.39. The Bertz CT molecular complexity index is 541. The molecule has 5 nitrogen and oxygen atoms in total. The third-order valence-electron chi connectivity index (χ3n) is 4.04. The molecule has 20 heavy (non-hydrogen) atoms. The smallest absolute Gasteiger partial charge is 0.304 e. The number of rotatable bonds is 2. The standard InChI is InChI=1S/C14H21N3O2S/c18-20(19)16(13-6-2-1-3-7-13)10-5-11-17(20)14-8-4-9-15-12-14/h1-3,6-7,14-15H,4-5,8-12H2. The van der Waals surface area contributed by atoms with Gasteiger partial charge in [0.15, 0.2) is 0 Å². The van der Waals surface area contributed by atoms with Crippen LogP contribution in [0.2, 0.25) is 0 Å². The van der Waals surface area contributed by atoms with Gasteiger partial charge in [-0.3, -0.25) is 4.31 Å². The van der Waals surface area contributed by atoms with E-state index in [0.717, 1.165) is 38.0 Å². The van der Waals surface area contributed by atoms with Crippen LogP contribution in [0.15, 0.2) is 30.3 Å². The Morgan fingerprint density at radius 2 is 1.90 bits per heavy atom. The van der Waals surface area contributed by atoms with Crippen molar-refractivity contribution in [3.8, 4) is 0 Å². The van der Waals surface area contributed by atoms with E-state index in [-0.39, 0.29) is 6.04 Å². The number of hydrogen-bond donors (Lipinski definition) is 1. The largest absolute Gasteiger partial charge is 0.315 e. The summed E-state index contributed by atoms with van der Waals surface area (Å²) in [5.74, 6) is 0. The molecule has 1 atom stereocenters. The number of nitrogens with one attached hydrogen (secondary N) is 1. The average molecular weight is 295 g/mol. The van der Waals surface area contributed by atoms with E-state index in [0.29, 0.717) is 13.1 Å². The van der Waals surface area contributed by atoms with Crippen molar-refractivity contribution >= 4 is 15.9 Å². The SMILES string of the molecule is O=S1(=O)N(c2ccccc2)CCCN1C1CCCNC1. The van der Waals surface area contributed by atoms with E-state index in [4.69, 9.17) is 0 Å². The molecule has 2 heterocycles. The first-order valence-corrected chi connectivity index (χ1v) is 8.64. The van der Waals surface area contributed by atoms with Crippen LogP contribution in [-0.2, 0) is 10.2 Å². The van der Waals surface area contributed by atoms with E-state index in [1.807, 2.05) is 30.3 Å². The Hall–Kier alpha value is -1.11. The molecule has 0 aromatic heterocycles. The summed E-state index contributed by atoms with van der Waals surface area (Å²) in [5, 5.41) is 3.30. The number of piperidine rings is 1. The first-order chi connectivity index (χ1) is 9.69. The van der Waals surface area contributed by atoms with Gasteiger partial charge in [-0.25, -0.2) is 0 Å². The fourth-order valence-electron chi connectivity index (χ4n) is 3.03. The first-order valence-electron chi connectivity index (χ1n) is 7.25. The minimum Gasteiger partial charge on any atom is -0.315 e. The van der Waals surface area contributed by atoms with Gasteiger partial charge in [0.2, 0.25) is 0 Å². The van der Waals surface area contributed by atoms with Gasteiger partial charge in [-0.2, -0.15) is 12.7 Å². The van der Waals surface area contributed by atoms with Crippen LogP contribution >= 0.6 is 0 Å². The fourth-order valence-corrected chi connectivity index (χ4v) is 4.95. The Morgan fingerprint density at radius 3 is 2.60 bits per heavy atom. The molecule has 1 N–H and O–H groups in total. The van der Waals surface area contributed by atoms with Crippen LogP contribution in [0.4, 0.5) is 5.69 Å². The fraction of sp³-hybridized carbons (Fsp3) is 0.571. The van der Waals surface area contributed by atoms with E-state index in [1.165, 1.54) is 0 Å². The van der Waals surface area contributed by atoms with Gasteiger partial charge in [-0.15, -0.1) is 0 Å². The molecule has 1 aromatic carbocycles. The summed E-state index contributed by atoms with van der Waals surface area (Å²) < 4.78 is 28.9. The molecule has 3 rings (SSSR count). The molecule has 2 aliphatic heterocycles. The Kier molecular flexibility index (Phi) is 3.96. The molecule has 2 saturated heterocycles. The van der Waals surface area contributed by atoms with Crippen molar-refractivity contribution in [3.05, 3.63) is 30.3 Å². The minimum absolute atomic E-state index is 0.0975. The third-order valence-corrected chi connectivity index (χ3v) is 6.06. The van der Waals surface area contributed by atoms with Crippen LogP contribution in [0.5, 0.6) is 0 Å².